The molecule has 0 saturated carbocycles. The summed E-state index contributed by atoms with van der Waals surface area (Å²) >= 11 is 1.56. The summed E-state index contributed by atoms with van der Waals surface area (Å²) in [6.07, 6.45) is 3.71. The van der Waals surface area contributed by atoms with Crippen LogP contribution in [-0.4, -0.2) is 26.8 Å². The van der Waals surface area contributed by atoms with Crippen molar-refractivity contribution in [2.75, 3.05) is 7.11 Å². The van der Waals surface area contributed by atoms with Crippen LogP contribution in [0.25, 0.3) is 5.69 Å². The van der Waals surface area contributed by atoms with Gasteiger partial charge in [-0.05, 0) is 24.3 Å². The Bertz CT molecular complexity index is 764. The maximum absolute atomic E-state index is 5.26. The van der Waals surface area contributed by atoms with E-state index in [0.29, 0.717) is 11.6 Å². The highest BCUT2D eigenvalue weighted by Gasteiger charge is 2.12. The Morgan fingerprint density at radius 3 is 2.70 bits per heavy atom. The molecule has 23 heavy (non-hydrogen) atoms. The van der Waals surface area contributed by atoms with Crippen LogP contribution in [0.2, 0.25) is 0 Å². The fraction of sp³-hybridized carbons (Fsp3) is 0.312. The van der Waals surface area contributed by atoms with Crippen LogP contribution >= 0.6 is 11.8 Å². The molecule has 0 radical (unpaired) electrons. The van der Waals surface area contributed by atoms with Crippen LogP contribution in [0.4, 0.5) is 0 Å². The minimum Gasteiger partial charge on any atom is -0.497 e. The summed E-state index contributed by atoms with van der Waals surface area (Å²) in [6.45, 7) is 4.08. The second-order valence-electron chi connectivity index (χ2n) is 5.27. The molecule has 0 amide bonds. The standard InChI is InChI=1S/C16H18N4O2S/c1-11(2)15-18-14(22-19-15)10-23-16-17-8-9-20(16)12-4-6-13(21-3)7-5-12/h4-9,11H,10H2,1-3H3. The van der Waals surface area contributed by atoms with Crippen molar-refractivity contribution in [3.63, 3.8) is 0 Å². The number of aromatic nitrogens is 4. The van der Waals surface area contributed by atoms with Gasteiger partial charge in [-0.25, -0.2) is 4.98 Å². The molecule has 2 heterocycles. The van der Waals surface area contributed by atoms with Crippen LogP contribution in [0.15, 0.2) is 46.3 Å². The molecule has 0 spiro atoms. The first-order chi connectivity index (χ1) is 11.2. The second kappa shape index (κ2) is 6.87. The molecule has 0 unspecified atom stereocenters. The van der Waals surface area contributed by atoms with Crippen molar-refractivity contribution in [2.24, 2.45) is 0 Å². The lowest BCUT2D eigenvalue weighted by Gasteiger charge is -2.07. The molecular weight excluding hydrogens is 312 g/mol. The highest BCUT2D eigenvalue weighted by atomic mass is 32.2. The van der Waals surface area contributed by atoms with Crippen molar-refractivity contribution in [1.29, 1.82) is 0 Å². The Morgan fingerprint density at radius 2 is 2.04 bits per heavy atom. The minimum absolute atomic E-state index is 0.263. The Labute approximate surface area is 138 Å². The molecular formula is C16H18N4O2S. The Kier molecular flexibility index (Phi) is 4.66. The van der Waals surface area contributed by atoms with E-state index in [9.17, 15) is 0 Å². The summed E-state index contributed by atoms with van der Waals surface area (Å²) < 4.78 is 12.5. The summed E-state index contributed by atoms with van der Waals surface area (Å²) in [4.78, 5) is 8.78. The Morgan fingerprint density at radius 1 is 1.26 bits per heavy atom. The highest BCUT2D eigenvalue weighted by Crippen LogP contribution is 2.25. The third kappa shape index (κ3) is 3.56. The van der Waals surface area contributed by atoms with Gasteiger partial charge in [0, 0.05) is 24.0 Å². The first-order valence-electron chi connectivity index (χ1n) is 7.30. The van der Waals surface area contributed by atoms with E-state index in [0.717, 1.165) is 22.4 Å². The zero-order valence-corrected chi connectivity index (χ0v) is 14.1. The van der Waals surface area contributed by atoms with Gasteiger partial charge in [-0.2, -0.15) is 4.98 Å². The lowest BCUT2D eigenvalue weighted by molar-refractivity contribution is 0.382. The van der Waals surface area contributed by atoms with E-state index in [4.69, 9.17) is 9.26 Å². The van der Waals surface area contributed by atoms with Crippen LogP contribution in [-0.2, 0) is 5.75 Å². The van der Waals surface area contributed by atoms with Gasteiger partial charge in [-0.15, -0.1) is 0 Å². The summed E-state index contributed by atoms with van der Waals surface area (Å²) in [5.74, 6) is 3.03. The number of hydrogen-bond donors (Lipinski definition) is 0. The first kappa shape index (κ1) is 15.6. The number of rotatable bonds is 6. The number of hydrogen-bond acceptors (Lipinski definition) is 6. The van der Waals surface area contributed by atoms with Gasteiger partial charge in [0.2, 0.25) is 5.89 Å². The zero-order chi connectivity index (χ0) is 16.2. The minimum atomic E-state index is 0.263. The lowest BCUT2D eigenvalue weighted by atomic mass is 10.2. The van der Waals surface area contributed by atoms with Crippen molar-refractivity contribution in [1.82, 2.24) is 19.7 Å². The molecule has 3 aromatic rings. The predicted molar refractivity (Wildman–Crippen MR) is 88.1 cm³/mol. The highest BCUT2D eigenvalue weighted by molar-refractivity contribution is 7.98. The summed E-state index contributed by atoms with van der Waals surface area (Å²) in [7, 11) is 1.66. The summed E-state index contributed by atoms with van der Waals surface area (Å²) in [5.41, 5.74) is 1.03. The number of thioether (sulfide) groups is 1. The first-order valence-corrected chi connectivity index (χ1v) is 8.29. The molecule has 0 atom stereocenters. The molecule has 1 aromatic carbocycles. The van der Waals surface area contributed by atoms with Crippen molar-refractivity contribution in [3.8, 4) is 11.4 Å². The number of ether oxygens (including phenoxy) is 1. The van der Waals surface area contributed by atoms with Gasteiger partial charge in [0.15, 0.2) is 11.0 Å². The maximum atomic E-state index is 5.26. The van der Waals surface area contributed by atoms with Crippen molar-refractivity contribution in [3.05, 3.63) is 48.4 Å². The Hall–Kier alpha value is -2.28. The van der Waals surface area contributed by atoms with Crippen LogP contribution in [0.5, 0.6) is 5.75 Å². The summed E-state index contributed by atoms with van der Waals surface area (Å²) in [5, 5.41) is 4.85. The molecule has 7 heteroatoms. The smallest absolute Gasteiger partial charge is 0.237 e. The van der Waals surface area contributed by atoms with E-state index in [1.54, 1.807) is 25.1 Å². The normalized spacial score (nSPS) is 11.1. The number of nitrogens with zero attached hydrogens (tertiary/aromatic N) is 4. The molecule has 3 rings (SSSR count). The maximum Gasteiger partial charge on any atom is 0.237 e. The van der Waals surface area contributed by atoms with E-state index < -0.39 is 0 Å². The molecule has 0 aliphatic rings. The van der Waals surface area contributed by atoms with Gasteiger partial charge >= 0.3 is 0 Å². The zero-order valence-electron chi connectivity index (χ0n) is 13.3. The van der Waals surface area contributed by atoms with Gasteiger partial charge in [0.25, 0.3) is 0 Å². The van der Waals surface area contributed by atoms with Crippen molar-refractivity contribution >= 4 is 11.8 Å². The van der Waals surface area contributed by atoms with Crippen LogP contribution < -0.4 is 4.74 Å². The topological polar surface area (TPSA) is 66.0 Å². The largest absolute Gasteiger partial charge is 0.497 e. The SMILES string of the molecule is COc1ccc(-n2ccnc2SCc2nc(C(C)C)no2)cc1. The molecule has 0 aliphatic carbocycles. The average Bonchev–Trinajstić information content (AvgIpc) is 3.22. The molecule has 0 bridgehead atoms. The Balaban J connectivity index is 1.72. The van der Waals surface area contributed by atoms with E-state index in [2.05, 4.69) is 15.1 Å². The van der Waals surface area contributed by atoms with Crippen LogP contribution in [0, 0.1) is 0 Å². The van der Waals surface area contributed by atoms with E-state index in [1.165, 1.54) is 0 Å². The lowest BCUT2D eigenvalue weighted by Crippen LogP contribution is -1.96. The van der Waals surface area contributed by atoms with Gasteiger partial charge in [0.05, 0.1) is 12.9 Å². The third-order valence-corrected chi connectivity index (χ3v) is 4.23. The molecule has 120 valence electrons. The quantitative estimate of drug-likeness (QED) is 0.642. The number of benzene rings is 1. The fourth-order valence-electron chi connectivity index (χ4n) is 2.02. The van der Waals surface area contributed by atoms with Crippen molar-refractivity contribution < 1.29 is 9.26 Å². The molecule has 2 aromatic heterocycles. The number of imidazole rings is 1. The second-order valence-corrected chi connectivity index (χ2v) is 6.21. The van der Waals surface area contributed by atoms with Crippen LogP contribution in [0.1, 0.15) is 31.5 Å². The number of methoxy groups -OCH3 is 1. The molecule has 6 nitrogen and oxygen atoms in total. The van der Waals surface area contributed by atoms with Gasteiger partial charge in [-0.1, -0.05) is 30.8 Å². The fourth-order valence-corrected chi connectivity index (χ4v) is 2.83. The van der Waals surface area contributed by atoms with E-state index in [1.807, 2.05) is 48.9 Å². The molecule has 0 N–H and O–H groups in total. The molecule has 0 fully saturated rings. The van der Waals surface area contributed by atoms with Crippen LogP contribution in [0.3, 0.4) is 0 Å². The van der Waals surface area contributed by atoms with E-state index >= 15 is 0 Å². The predicted octanol–water partition coefficient (Wildman–Crippen LogP) is 3.68. The van der Waals surface area contributed by atoms with Gasteiger partial charge in [0.1, 0.15) is 5.75 Å². The molecule has 0 aliphatic heterocycles. The third-order valence-electron chi connectivity index (χ3n) is 3.28. The van der Waals surface area contributed by atoms with E-state index in [-0.39, 0.29) is 5.92 Å². The van der Waals surface area contributed by atoms with Crippen molar-refractivity contribution in [2.45, 2.75) is 30.7 Å². The van der Waals surface area contributed by atoms with Gasteiger partial charge in [-0.3, -0.25) is 4.57 Å². The molecule has 0 saturated heterocycles. The average molecular weight is 330 g/mol. The monoisotopic (exact) mass is 330 g/mol. The van der Waals surface area contributed by atoms with Gasteiger partial charge < -0.3 is 9.26 Å². The summed E-state index contributed by atoms with van der Waals surface area (Å²) in [6, 6.07) is 7.84.